The van der Waals surface area contributed by atoms with Gasteiger partial charge >= 0.3 is 5.97 Å². The summed E-state index contributed by atoms with van der Waals surface area (Å²) in [6.07, 6.45) is 0. The number of rotatable bonds is 4. The molecule has 1 atom stereocenters. The molecule has 0 spiro atoms. The summed E-state index contributed by atoms with van der Waals surface area (Å²) in [5.41, 5.74) is 9.22. The van der Waals surface area contributed by atoms with Gasteiger partial charge in [0.1, 0.15) is 0 Å². The van der Waals surface area contributed by atoms with Gasteiger partial charge in [-0.2, -0.15) is 10.5 Å². The first kappa shape index (κ1) is 17.2. The molecule has 5 heteroatoms. The van der Waals surface area contributed by atoms with Crippen LogP contribution in [0.3, 0.4) is 0 Å². The lowest BCUT2D eigenvalue weighted by Gasteiger charge is -2.25. The molecule has 27 heavy (non-hydrogen) atoms. The first-order chi connectivity index (χ1) is 13.1. The number of esters is 1. The molecule has 4 rings (SSSR count). The molecule has 5 nitrogen and oxygen atoms in total. The minimum absolute atomic E-state index is 0.306. The van der Waals surface area contributed by atoms with Crippen LogP contribution in [0.2, 0.25) is 0 Å². The predicted molar refractivity (Wildman–Crippen MR) is 105 cm³/mol. The van der Waals surface area contributed by atoms with Crippen LogP contribution in [0.25, 0.3) is 16.2 Å². The summed E-state index contributed by atoms with van der Waals surface area (Å²) < 4.78 is 5.37. The Kier molecular flexibility index (Phi) is 4.36. The summed E-state index contributed by atoms with van der Waals surface area (Å²) in [7, 11) is 0. The van der Waals surface area contributed by atoms with E-state index in [0.717, 1.165) is 38.8 Å². The summed E-state index contributed by atoms with van der Waals surface area (Å²) in [5.74, 6) is -0.356. The van der Waals surface area contributed by atoms with Gasteiger partial charge in [-0.3, -0.25) is 0 Å². The number of aryl methyl sites for hydroxylation is 2. The van der Waals surface area contributed by atoms with Gasteiger partial charge in [0.25, 0.3) is 6.04 Å². The second-order valence-corrected chi connectivity index (χ2v) is 6.69. The van der Waals surface area contributed by atoms with Crippen molar-refractivity contribution in [1.82, 2.24) is 0 Å². The maximum absolute atomic E-state index is 12.9. The number of carbonyl (C=O) groups excluding carboxylic acids is 1. The van der Waals surface area contributed by atoms with Gasteiger partial charge in [0, 0.05) is 16.9 Å². The fraction of sp³-hybridized carbons (Fsp3) is 0.227. The second-order valence-electron chi connectivity index (χ2n) is 6.69. The highest BCUT2D eigenvalue weighted by Gasteiger charge is 2.34. The lowest BCUT2D eigenvalue weighted by Crippen LogP contribution is -2.26. The first-order valence-corrected chi connectivity index (χ1v) is 9.06. The van der Waals surface area contributed by atoms with Crippen molar-refractivity contribution >= 4 is 28.1 Å². The minimum Gasteiger partial charge on any atom is -0.461 e. The highest BCUT2D eigenvalue weighted by Crippen LogP contribution is 2.43. The largest absolute Gasteiger partial charge is 0.461 e. The van der Waals surface area contributed by atoms with Crippen LogP contribution in [-0.4, -0.2) is 17.4 Å². The first-order valence-electron chi connectivity index (χ1n) is 9.06. The van der Waals surface area contributed by atoms with E-state index in [0.29, 0.717) is 6.61 Å². The van der Waals surface area contributed by atoms with Gasteiger partial charge < -0.3 is 4.74 Å². The van der Waals surface area contributed by atoms with Crippen molar-refractivity contribution in [3.05, 3.63) is 76.7 Å². The molecule has 0 aliphatic carbocycles. The molecule has 1 heterocycles. The van der Waals surface area contributed by atoms with Crippen LogP contribution in [0.1, 0.15) is 29.7 Å². The highest BCUT2D eigenvalue weighted by molar-refractivity contribution is 6.02. The maximum atomic E-state index is 12.9. The van der Waals surface area contributed by atoms with Crippen LogP contribution in [0.5, 0.6) is 0 Å². The third kappa shape index (κ3) is 3.05. The Bertz CT molecular complexity index is 1070. The number of hydrogen-bond acceptors (Lipinski definition) is 3. The molecule has 0 saturated carbocycles. The number of carbonyl (C=O) groups is 1. The molecule has 3 aromatic carbocycles. The maximum Gasteiger partial charge on any atom is 0.382 e. The monoisotopic (exact) mass is 359 g/mol. The van der Waals surface area contributed by atoms with E-state index in [2.05, 4.69) is 10.5 Å². The molecule has 0 fully saturated rings. The Morgan fingerprint density at radius 2 is 1.93 bits per heavy atom. The summed E-state index contributed by atoms with van der Waals surface area (Å²) in [5, 5.41) is 6.76. The standard InChI is InChI=1S/C22H21N3O2/c1-4-27-22(26)21(17-13-14(2)11-12-15(17)3)25-23-18-9-5-7-16-8-6-10-19(24-25)20(16)18/h5-13,21H,4H2,1-3H3. The molecule has 1 aliphatic heterocycles. The quantitative estimate of drug-likeness (QED) is 0.437. The normalized spacial score (nSPS) is 13.7. The van der Waals surface area contributed by atoms with E-state index in [9.17, 15) is 4.79 Å². The van der Waals surface area contributed by atoms with Gasteiger partial charge in [0.2, 0.25) is 0 Å². The molecule has 3 aromatic rings. The van der Waals surface area contributed by atoms with Crippen LogP contribution in [0, 0.1) is 13.8 Å². The van der Waals surface area contributed by atoms with Crippen molar-refractivity contribution in [2.45, 2.75) is 26.8 Å². The van der Waals surface area contributed by atoms with Crippen molar-refractivity contribution in [3.63, 3.8) is 0 Å². The van der Waals surface area contributed by atoms with Crippen LogP contribution in [0.4, 0.5) is 11.4 Å². The number of nitrogens with zero attached hydrogens (tertiary/aromatic N) is 3. The summed E-state index contributed by atoms with van der Waals surface area (Å²) >= 11 is 0. The zero-order valence-electron chi connectivity index (χ0n) is 15.6. The molecular formula is C22H21N3O2. The van der Waals surface area contributed by atoms with Crippen molar-refractivity contribution in [1.29, 1.82) is 0 Å². The van der Waals surface area contributed by atoms with Gasteiger partial charge in [0.05, 0.1) is 6.61 Å². The molecule has 0 aromatic heterocycles. The van der Waals surface area contributed by atoms with E-state index in [-0.39, 0.29) is 5.97 Å². The van der Waals surface area contributed by atoms with E-state index < -0.39 is 6.04 Å². The molecule has 0 radical (unpaired) electrons. The SMILES string of the molecule is CCOC(=O)C(c1cc(C)ccc1C)[N+]1=Nc2cccc3cccc(c23)[N-]1. The lowest BCUT2D eigenvalue weighted by atomic mass is 9.99. The summed E-state index contributed by atoms with van der Waals surface area (Å²) in [4.78, 5) is 14.4. The molecular weight excluding hydrogens is 338 g/mol. The van der Waals surface area contributed by atoms with E-state index in [4.69, 9.17) is 4.74 Å². The Hall–Kier alpha value is -3.21. The molecule has 136 valence electrons. The molecule has 1 aliphatic rings. The zero-order valence-corrected chi connectivity index (χ0v) is 15.6. The molecule has 0 N–H and O–H groups in total. The summed E-state index contributed by atoms with van der Waals surface area (Å²) in [6, 6.07) is 17.2. The van der Waals surface area contributed by atoms with E-state index in [1.807, 2.05) is 68.4 Å². The van der Waals surface area contributed by atoms with Crippen molar-refractivity contribution in [2.75, 3.05) is 6.61 Å². The van der Waals surface area contributed by atoms with Crippen molar-refractivity contribution in [2.24, 2.45) is 5.11 Å². The summed E-state index contributed by atoms with van der Waals surface area (Å²) in [6.45, 7) is 6.10. The molecule has 0 saturated heterocycles. The second kappa shape index (κ2) is 6.83. The van der Waals surface area contributed by atoms with E-state index >= 15 is 0 Å². The Balaban J connectivity index is 1.88. The smallest absolute Gasteiger partial charge is 0.382 e. The average molecular weight is 359 g/mol. The number of hydrogen-bond donors (Lipinski definition) is 0. The topological polar surface area (TPSA) is 55.8 Å². The van der Waals surface area contributed by atoms with Gasteiger partial charge in [0.15, 0.2) is 0 Å². The minimum atomic E-state index is -0.728. The van der Waals surface area contributed by atoms with Gasteiger partial charge in [-0.1, -0.05) is 54.1 Å². The molecule has 0 bridgehead atoms. The third-order valence-electron chi connectivity index (χ3n) is 4.75. The average Bonchev–Trinajstić information content (AvgIpc) is 2.65. The van der Waals surface area contributed by atoms with Crippen LogP contribution in [-0.2, 0) is 9.53 Å². The van der Waals surface area contributed by atoms with Crippen LogP contribution in [0.15, 0.2) is 59.7 Å². The predicted octanol–water partition coefficient (Wildman–Crippen LogP) is 5.79. The molecule has 0 amide bonds. The van der Waals surface area contributed by atoms with Gasteiger partial charge in [-0.15, -0.1) is 4.81 Å². The van der Waals surface area contributed by atoms with E-state index in [1.54, 1.807) is 6.92 Å². The number of ether oxygens (including phenoxy) is 1. The van der Waals surface area contributed by atoms with Crippen molar-refractivity contribution in [3.8, 4) is 0 Å². The fourth-order valence-electron chi connectivity index (χ4n) is 3.45. The lowest BCUT2D eigenvalue weighted by molar-refractivity contribution is -0.571. The third-order valence-corrected chi connectivity index (χ3v) is 4.75. The van der Waals surface area contributed by atoms with Gasteiger partial charge in [-0.05, 0) is 43.2 Å². The zero-order chi connectivity index (χ0) is 19.0. The number of azo groups is 1. The molecule has 1 unspecified atom stereocenters. The fourth-order valence-corrected chi connectivity index (χ4v) is 3.45. The Morgan fingerprint density at radius 3 is 2.70 bits per heavy atom. The van der Waals surface area contributed by atoms with E-state index in [1.165, 1.54) is 4.81 Å². The Morgan fingerprint density at radius 1 is 1.15 bits per heavy atom. The number of benzene rings is 3. The highest BCUT2D eigenvalue weighted by atomic mass is 16.5. The van der Waals surface area contributed by atoms with Crippen molar-refractivity contribution < 1.29 is 14.3 Å². The van der Waals surface area contributed by atoms with Gasteiger partial charge in [-0.25, -0.2) is 4.79 Å². The van der Waals surface area contributed by atoms with Crippen LogP contribution < -0.4 is 0 Å². The van der Waals surface area contributed by atoms with Crippen LogP contribution >= 0.6 is 0 Å². The Labute approximate surface area is 158 Å².